The lowest BCUT2D eigenvalue weighted by Crippen LogP contribution is -2.36. The zero-order valence-electron chi connectivity index (χ0n) is 11.7. The maximum atomic E-state index is 9.33. The van der Waals surface area contributed by atoms with Gasteiger partial charge in [0, 0.05) is 36.5 Å². The molecule has 1 atom stereocenters. The molecule has 2 aromatic rings. The molecule has 3 nitrogen and oxygen atoms in total. The summed E-state index contributed by atoms with van der Waals surface area (Å²) in [6.07, 6.45) is 4.54. The maximum absolute atomic E-state index is 9.33. The summed E-state index contributed by atoms with van der Waals surface area (Å²) in [5.74, 6) is 0.462. The molecule has 1 N–H and O–H groups in total. The summed E-state index contributed by atoms with van der Waals surface area (Å²) in [6, 6.07) is 8.66. The Morgan fingerprint density at radius 2 is 2.20 bits per heavy atom. The molecule has 3 rings (SSSR count). The van der Waals surface area contributed by atoms with E-state index in [-0.39, 0.29) is 0 Å². The van der Waals surface area contributed by atoms with Crippen LogP contribution in [0.3, 0.4) is 0 Å². The molecule has 1 aliphatic rings. The fraction of sp³-hybridized carbons (Fsp3) is 0.500. The highest BCUT2D eigenvalue weighted by Gasteiger charge is 2.19. The molecular weight excluding hydrogens is 268 g/mol. The van der Waals surface area contributed by atoms with Crippen molar-refractivity contribution < 1.29 is 5.11 Å². The Labute approximate surface area is 124 Å². The van der Waals surface area contributed by atoms with Gasteiger partial charge >= 0.3 is 0 Å². The second kappa shape index (κ2) is 6.57. The van der Waals surface area contributed by atoms with Crippen molar-refractivity contribution in [3.05, 3.63) is 46.4 Å². The SMILES string of the molecule is OCC1CCCN(Cc2cccn2Cc2cccs2)C1. The second-order valence-corrected chi connectivity index (χ2v) is 6.66. The minimum Gasteiger partial charge on any atom is -0.396 e. The predicted molar refractivity (Wildman–Crippen MR) is 82.9 cm³/mol. The first kappa shape index (κ1) is 13.9. The van der Waals surface area contributed by atoms with Crippen molar-refractivity contribution in [3.63, 3.8) is 0 Å². The van der Waals surface area contributed by atoms with Crippen LogP contribution in [0.1, 0.15) is 23.4 Å². The number of rotatable bonds is 5. The average molecular weight is 290 g/mol. The van der Waals surface area contributed by atoms with E-state index in [2.05, 4.69) is 45.3 Å². The quantitative estimate of drug-likeness (QED) is 0.917. The van der Waals surface area contributed by atoms with E-state index in [9.17, 15) is 5.11 Å². The van der Waals surface area contributed by atoms with Gasteiger partial charge in [-0.1, -0.05) is 6.07 Å². The molecule has 0 bridgehead atoms. The molecule has 1 fully saturated rings. The highest BCUT2D eigenvalue weighted by atomic mass is 32.1. The van der Waals surface area contributed by atoms with Gasteiger partial charge in [-0.2, -0.15) is 0 Å². The summed E-state index contributed by atoms with van der Waals surface area (Å²) < 4.78 is 2.34. The first-order valence-corrected chi connectivity index (χ1v) is 8.22. The molecule has 1 saturated heterocycles. The number of hydrogen-bond acceptors (Lipinski definition) is 3. The number of hydrogen-bond donors (Lipinski definition) is 1. The number of aliphatic hydroxyl groups excluding tert-OH is 1. The van der Waals surface area contributed by atoms with Crippen LogP contribution in [0.15, 0.2) is 35.8 Å². The molecule has 108 valence electrons. The Morgan fingerprint density at radius 3 is 3.00 bits per heavy atom. The lowest BCUT2D eigenvalue weighted by Gasteiger charge is -2.31. The van der Waals surface area contributed by atoms with Crippen molar-refractivity contribution in [2.45, 2.75) is 25.9 Å². The molecule has 0 radical (unpaired) electrons. The highest BCUT2D eigenvalue weighted by molar-refractivity contribution is 7.09. The van der Waals surface area contributed by atoms with E-state index in [4.69, 9.17) is 0 Å². The van der Waals surface area contributed by atoms with Crippen molar-refractivity contribution >= 4 is 11.3 Å². The summed E-state index contributed by atoms with van der Waals surface area (Å²) in [6.45, 7) is 4.47. The Balaban J connectivity index is 1.64. The molecule has 0 aromatic carbocycles. The maximum Gasteiger partial charge on any atom is 0.0566 e. The zero-order valence-corrected chi connectivity index (χ0v) is 12.6. The van der Waals surface area contributed by atoms with Gasteiger partial charge in [-0.25, -0.2) is 0 Å². The minimum atomic E-state index is 0.326. The van der Waals surface area contributed by atoms with Gasteiger partial charge < -0.3 is 9.67 Å². The summed E-state index contributed by atoms with van der Waals surface area (Å²) in [7, 11) is 0. The molecule has 0 saturated carbocycles. The molecule has 1 aliphatic heterocycles. The van der Waals surface area contributed by atoms with Crippen molar-refractivity contribution in [3.8, 4) is 0 Å². The third kappa shape index (κ3) is 3.32. The van der Waals surface area contributed by atoms with Gasteiger partial charge in [0.25, 0.3) is 0 Å². The summed E-state index contributed by atoms with van der Waals surface area (Å²) in [5, 5.41) is 11.5. The van der Waals surface area contributed by atoms with Crippen LogP contribution in [0.5, 0.6) is 0 Å². The lowest BCUT2D eigenvalue weighted by atomic mass is 9.99. The molecule has 0 aliphatic carbocycles. The van der Waals surface area contributed by atoms with E-state index in [1.165, 1.54) is 23.4 Å². The highest BCUT2D eigenvalue weighted by Crippen LogP contribution is 2.19. The van der Waals surface area contributed by atoms with E-state index in [1.807, 2.05) is 11.3 Å². The Bertz CT molecular complexity index is 520. The minimum absolute atomic E-state index is 0.326. The van der Waals surface area contributed by atoms with E-state index < -0.39 is 0 Å². The number of aliphatic hydroxyl groups is 1. The smallest absolute Gasteiger partial charge is 0.0566 e. The summed E-state index contributed by atoms with van der Waals surface area (Å²) in [5.41, 5.74) is 1.37. The normalized spacial score (nSPS) is 20.4. The molecule has 0 amide bonds. The van der Waals surface area contributed by atoms with Crippen molar-refractivity contribution in [2.24, 2.45) is 5.92 Å². The van der Waals surface area contributed by atoms with E-state index >= 15 is 0 Å². The van der Waals surface area contributed by atoms with Gasteiger partial charge in [0.2, 0.25) is 0 Å². The van der Waals surface area contributed by atoms with Crippen LogP contribution in [0.2, 0.25) is 0 Å². The zero-order chi connectivity index (χ0) is 13.8. The van der Waals surface area contributed by atoms with E-state index in [1.54, 1.807) is 0 Å². The van der Waals surface area contributed by atoms with Gasteiger partial charge in [0.15, 0.2) is 0 Å². The standard InChI is InChI=1S/C16H22N2OS/c19-13-14-4-1-7-17(10-14)11-15-5-2-8-18(15)12-16-6-3-9-20-16/h2-3,5-6,8-9,14,19H,1,4,7,10-13H2. The number of thiophene rings is 1. The van der Waals surface area contributed by atoms with Crippen molar-refractivity contribution in [2.75, 3.05) is 19.7 Å². The monoisotopic (exact) mass is 290 g/mol. The van der Waals surface area contributed by atoms with Crippen molar-refractivity contribution in [1.29, 1.82) is 0 Å². The van der Waals surface area contributed by atoms with E-state index in [0.29, 0.717) is 12.5 Å². The van der Waals surface area contributed by atoms with Crippen LogP contribution in [-0.4, -0.2) is 34.3 Å². The molecule has 1 unspecified atom stereocenters. The third-order valence-electron chi connectivity index (χ3n) is 4.08. The van der Waals surface area contributed by atoms with Crippen LogP contribution in [0, 0.1) is 5.92 Å². The molecule has 20 heavy (non-hydrogen) atoms. The van der Waals surface area contributed by atoms with Gasteiger partial charge in [-0.15, -0.1) is 11.3 Å². The summed E-state index contributed by atoms with van der Waals surface area (Å²) in [4.78, 5) is 3.87. The Hall–Kier alpha value is -1.10. The first-order chi connectivity index (χ1) is 9.85. The molecule has 4 heteroatoms. The predicted octanol–water partition coefficient (Wildman–Crippen LogP) is 2.80. The van der Waals surface area contributed by atoms with Gasteiger partial charge in [0.1, 0.15) is 0 Å². The van der Waals surface area contributed by atoms with Crippen LogP contribution in [0.4, 0.5) is 0 Å². The fourth-order valence-electron chi connectivity index (χ4n) is 2.99. The lowest BCUT2D eigenvalue weighted by molar-refractivity contribution is 0.114. The number of piperidine rings is 1. The van der Waals surface area contributed by atoms with Crippen LogP contribution in [-0.2, 0) is 13.1 Å². The summed E-state index contributed by atoms with van der Waals surface area (Å²) >= 11 is 1.81. The van der Waals surface area contributed by atoms with Crippen LogP contribution < -0.4 is 0 Å². The largest absolute Gasteiger partial charge is 0.396 e. The number of likely N-dealkylation sites (tertiary alicyclic amines) is 1. The number of nitrogens with zero attached hydrogens (tertiary/aromatic N) is 2. The molecule has 2 aromatic heterocycles. The van der Waals surface area contributed by atoms with Gasteiger partial charge in [-0.3, -0.25) is 4.90 Å². The van der Waals surface area contributed by atoms with Gasteiger partial charge in [-0.05, 0) is 48.9 Å². The topological polar surface area (TPSA) is 28.4 Å². The van der Waals surface area contributed by atoms with Crippen LogP contribution >= 0.6 is 11.3 Å². The van der Waals surface area contributed by atoms with E-state index in [0.717, 1.165) is 26.2 Å². The second-order valence-electron chi connectivity index (χ2n) is 5.63. The Kier molecular flexibility index (Phi) is 4.55. The number of aromatic nitrogens is 1. The molecule has 0 spiro atoms. The molecule has 3 heterocycles. The van der Waals surface area contributed by atoms with Crippen LogP contribution in [0.25, 0.3) is 0 Å². The van der Waals surface area contributed by atoms with Gasteiger partial charge in [0.05, 0.1) is 6.54 Å². The third-order valence-corrected chi connectivity index (χ3v) is 4.94. The van der Waals surface area contributed by atoms with Crippen molar-refractivity contribution in [1.82, 2.24) is 9.47 Å². The fourth-order valence-corrected chi connectivity index (χ4v) is 3.69. The average Bonchev–Trinajstić information content (AvgIpc) is 3.12. The first-order valence-electron chi connectivity index (χ1n) is 7.35. The molecular formula is C16H22N2OS. The Morgan fingerprint density at radius 1 is 1.25 bits per heavy atom.